The molecule has 192 valence electrons. The molecular weight excluding hydrogens is 492 g/mol. The van der Waals surface area contributed by atoms with E-state index in [4.69, 9.17) is 11.6 Å². The summed E-state index contributed by atoms with van der Waals surface area (Å²) in [7, 11) is 0. The average Bonchev–Trinajstić information content (AvgIpc) is 3.39. The van der Waals surface area contributed by atoms with E-state index in [2.05, 4.69) is 30.3 Å². The molecule has 0 radical (unpaired) electrons. The number of benzene rings is 1. The number of anilines is 1. The summed E-state index contributed by atoms with van der Waals surface area (Å²) >= 11 is 6.19. The summed E-state index contributed by atoms with van der Waals surface area (Å²) in [6, 6.07) is 7.81. The first-order valence-electron chi connectivity index (χ1n) is 11.4. The van der Waals surface area contributed by atoms with E-state index in [-0.39, 0.29) is 24.4 Å². The number of rotatable bonds is 9. The van der Waals surface area contributed by atoms with Crippen LogP contribution in [-0.2, 0) is 20.7 Å². The Morgan fingerprint density at radius 3 is 2.67 bits per heavy atom. The summed E-state index contributed by atoms with van der Waals surface area (Å²) < 4.78 is 6.25. The smallest absolute Gasteiger partial charge is 0.303 e. The van der Waals surface area contributed by atoms with Crippen molar-refractivity contribution in [1.82, 2.24) is 24.8 Å². The van der Waals surface area contributed by atoms with Gasteiger partial charge < -0.3 is 35.3 Å². The summed E-state index contributed by atoms with van der Waals surface area (Å²) in [4.78, 5) is 35.9. The van der Waals surface area contributed by atoms with Gasteiger partial charge in [-0.3, -0.25) is 9.59 Å². The summed E-state index contributed by atoms with van der Waals surface area (Å²) in [6.45, 7) is 0.531. The highest BCUT2D eigenvalue weighted by Crippen LogP contribution is 2.34. The zero-order valence-electron chi connectivity index (χ0n) is 19.4. The minimum absolute atomic E-state index is 0.0672. The van der Waals surface area contributed by atoms with E-state index >= 15 is 0 Å². The molecule has 1 amide bonds. The average molecular weight is 519 g/mol. The van der Waals surface area contributed by atoms with Crippen LogP contribution in [0.4, 0.5) is 5.82 Å². The Kier molecular flexibility index (Phi) is 7.99. The number of hydrogen-bond donors (Lipinski definition) is 5. The lowest BCUT2D eigenvalue weighted by Crippen LogP contribution is -2.44. The van der Waals surface area contributed by atoms with Gasteiger partial charge in [-0.2, -0.15) is 9.97 Å². The summed E-state index contributed by atoms with van der Waals surface area (Å²) in [5.74, 6) is -0.881. The third-order valence-electron chi connectivity index (χ3n) is 6.04. The normalized spacial score (nSPS) is 22.4. The number of imidazole rings is 1. The Morgan fingerprint density at radius 2 is 1.97 bits per heavy atom. The predicted molar refractivity (Wildman–Crippen MR) is 129 cm³/mol. The van der Waals surface area contributed by atoms with Crippen molar-refractivity contribution in [3.8, 4) is 0 Å². The van der Waals surface area contributed by atoms with Gasteiger partial charge in [-0.05, 0) is 30.0 Å². The second kappa shape index (κ2) is 11.2. The molecule has 4 rings (SSSR count). The fourth-order valence-corrected chi connectivity index (χ4v) is 4.49. The Labute approximate surface area is 211 Å². The summed E-state index contributed by atoms with van der Waals surface area (Å²) in [5, 5.41) is 36.8. The third-order valence-corrected chi connectivity index (χ3v) is 6.21. The Balaban J connectivity index is 1.54. The van der Waals surface area contributed by atoms with E-state index in [1.807, 2.05) is 30.3 Å². The van der Waals surface area contributed by atoms with Crippen LogP contribution in [0.15, 0.2) is 36.7 Å². The first-order valence-corrected chi connectivity index (χ1v) is 11.7. The number of amides is 1. The van der Waals surface area contributed by atoms with Gasteiger partial charge in [0.1, 0.15) is 12.2 Å². The van der Waals surface area contributed by atoms with Crippen LogP contribution >= 0.6 is 11.6 Å². The molecule has 2 heterocycles. The van der Waals surface area contributed by atoms with Gasteiger partial charge in [-0.15, -0.1) is 0 Å². The predicted octanol–water partition coefficient (Wildman–Crippen LogP) is 0.210. The molecule has 1 saturated carbocycles. The molecular formula is C23H27ClN6O6. The number of fused-ring (bicyclic) bond motifs is 1. The number of halogens is 1. The van der Waals surface area contributed by atoms with Crippen LogP contribution in [0.2, 0.25) is 5.28 Å². The number of aliphatic hydroxyl groups is 3. The number of aliphatic hydroxyl groups excluding tert-OH is 3. The van der Waals surface area contributed by atoms with Crippen LogP contribution in [0.5, 0.6) is 0 Å². The van der Waals surface area contributed by atoms with Crippen LogP contribution in [0.3, 0.4) is 0 Å². The van der Waals surface area contributed by atoms with Crippen LogP contribution in [-0.4, -0.2) is 84.2 Å². The van der Waals surface area contributed by atoms with E-state index in [1.54, 1.807) is 4.57 Å². The van der Waals surface area contributed by atoms with Crippen molar-refractivity contribution < 1.29 is 29.6 Å². The van der Waals surface area contributed by atoms with Crippen molar-refractivity contribution in [2.45, 2.75) is 50.1 Å². The molecule has 0 saturated heterocycles. The van der Waals surface area contributed by atoms with E-state index in [1.165, 1.54) is 13.3 Å². The maximum Gasteiger partial charge on any atom is 0.303 e. The molecule has 5 N–H and O–H groups in total. The van der Waals surface area contributed by atoms with Crippen LogP contribution in [0, 0.1) is 0 Å². The molecule has 1 aliphatic rings. The maximum atomic E-state index is 12.0. The molecule has 2 aromatic heterocycles. The van der Waals surface area contributed by atoms with Gasteiger partial charge in [-0.25, -0.2) is 4.98 Å². The molecule has 36 heavy (non-hydrogen) atoms. The maximum absolute atomic E-state index is 12.0. The SMILES string of the molecule is CC(=O)OCC(=O)N[C@H]1C[C@@H](n2cnc3c(N[C@H](CO)Cc4ccccc4)nc(Cl)nc32)[C@H](O)[C@@H]1O. The molecule has 0 aliphatic heterocycles. The van der Waals surface area contributed by atoms with Gasteiger partial charge in [0.2, 0.25) is 5.28 Å². The number of esters is 1. The second-order valence-corrected chi connectivity index (χ2v) is 8.96. The van der Waals surface area contributed by atoms with Crippen molar-refractivity contribution in [2.75, 3.05) is 18.5 Å². The molecule has 5 atom stereocenters. The largest absolute Gasteiger partial charge is 0.456 e. The first-order chi connectivity index (χ1) is 17.3. The molecule has 3 aromatic rings. The van der Waals surface area contributed by atoms with E-state index in [0.29, 0.717) is 23.4 Å². The minimum Gasteiger partial charge on any atom is -0.456 e. The number of aromatic nitrogens is 4. The molecule has 1 aliphatic carbocycles. The molecule has 0 unspecified atom stereocenters. The number of nitrogens with one attached hydrogen (secondary N) is 2. The van der Waals surface area contributed by atoms with Crippen molar-refractivity contribution in [3.63, 3.8) is 0 Å². The molecule has 1 aromatic carbocycles. The highest BCUT2D eigenvalue weighted by Gasteiger charge is 2.44. The number of ether oxygens (including phenoxy) is 1. The van der Waals surface area contributed by atoms with E-state index in [0.717, 1.165) is 5.56 Å². The number of nitrogens with zero attached hydrogens (tertiary/aromatic N) is 4. The lowest BCUT2D eigenvalue weighted by atomic mass is 10.1. The van der Waals surface area contributed by atoms with Crippen molar-refractivity contribution in [1.29, 1.82) is 0 Å². The zero-order valence-corrected chi connectivity index (χ0v) is 20.2. The molecule has 12 nitrogen and oxygen atoms in total. The first kappa shape index (κ1) is 25.8. The van der Waals surface area contributed by atoms with Gasteiger partial charge in [0.25, 0.3) is 5.91 Å². The highest BCUT2D eigenvalue weighted by atomic mass is 35.5. The van der Waals surface area contributed by atoms with E-state index in [9.17, 15) is 24.9 Å². The topological polar surface area (TPSA) is 172 Å². The zero-order chi connectivity index (χ0) is 25.8. The molecule has 0 spiro atoms. The molecule has 0 bridgehead atoms. The van der Waals surface area contributed by atoms with Gasteiger partial charge in [0.05, 0.1) is 31.1 Å². The van der Waals surface area contributed by atoms with Gasteiger partial charge >= 0.3 is 5.97 Å². The number of carbonyl (C=O) groups is 2. The van der Waals surface area contributed by atoms with Crippen LogP contribution < -0.4 is 10.6 Å². The fraction of sp³-hybridized carbons (Fsp3) is 0.435. The molecule has 1 fully saturated rings. The standard InChI is InChI=1S/C23H27ClN6O6/c1-12(32)36-10-17(33)27-15-8-16(20(35)19(15)34)30-11-25-18-21(28-23(24)29-22(18)30)26-14(9-31)7-13-5-3-2-4-6-13/h2-6,11,14-16,19-20,31,34-35H,7-10H2,1H3,(H,27,33)(H,26,28,29)/t14-,15-,16+,19+,20-/m0/s1. The number of hydrogen-bond acceptors (Lipinski definition) is 10. The second-order valence-electron chi connectivity index (χ2n) is 8.62. The van der Waals surface area contributed by atoms with Crippen LogP contribution in [0.1, 0.15) is 24.9 Å². The van der Waals surface area contributed by atoms with E-state index < -0.39 is 42.8 Å². The lowest BCUT2D eigenvalue weighted by molar-refractivity contribution is -0.146. The minimum atomic E-state index is -1.27. The van der Waals surface area contributed by atoms with Crippen molar-refractivity contribution >= 4 is 40.5 Å². The van der Waals surface area contributed by atoms with Gasteiger partial charge in [0, 0.05) is 6.92 Å². The summed E-state index contributed by atoms with van der Waals surface area (Å²) in [5.41, 5.74) is 1.71. The highest BCUT2D eigenvalue weighted by molar-refractivity contribution is 6.28. The quantitative estimate of drug-likeness (QED) is 0.195. The van der Waals surface area contributed by atoms with Gasteiger partial charge in [0.15, 0.2) is 23.6 Å². The van der Waals surface area contributed by atoms with Crippen LogP contribution in [0.25, 0.3) is 11.2 Å². The van der Waals surface area contributed by atoms with Crippen molar-refractivity contribution in [3.05, 3.63) is 47.5 Å². The lowest BCUT2D eigenvalue weighted by Gasteiger charge is -2.19. The van der Waals surface area contributed by atoms with Gasteiger partial charge in [-0.1, -0.05) is 30.3 Å². The third kappa shape index (κ3) is 5.73. The number of carbonyl (C=O) groups excluding carboxylic acids is 2. The fourth-order valence-electron chi connectivity index (χ4n) is 4.33. The monoisotopic (exact) mass is 518 g/mol. The Bertz CT molecular complexity index is 1220. The Hall–Kier alpha value is -3.32. The summed E-state index contributed by atoms with van der Waals surface area (Å²) in [6.07, 6.45) is -0.362. The Morgan fingerprint density at radius 1 is 1.22 bits per heavy atom. The van der Waals surface area contributed by atoms with Crippen molar-refractivity contribution in [2.24, 2.45) is 0 Å². The molecule has 13 heteroatoms.